The van der Waals surface area contributed by atoms with Crippen molar-refractivity contribution in [1.82, 2.24) is 4.90 Å². The molecule has 3 amide bonds. The van der Waals surface area contributed by atoms with Gasteiger partial charge in [0.2, 0.25) is 0 Å². The molecule has 1 N–H and O–H groups in total. The number of ether oxygens (including phenoxy) is 2. The summed E-state index contributed by atoms with van der Waals surface area (Å²) in [7, 11) is 0. The van der Waals surface area contributed by atoms with Crippen LogP contribution in [0.15, 0.2) is 47.4 Å². The number of para-hydroxylation sites is 1. The Labute approximate surface area is 211 Å². The van der Waals surface area contributed by atoms with Crippen molar-refractivity contribution < 1.29 is 23.9 Å². The molecule has 0 unspecified atom stereocenters. The number of halogens is 1. The minimum atomic E-state index is -0.290. The molecule has 3 rings (SSSR count). The lowest BCUT2D eigenvalue weighted by atomic mass is 10.1. The Morgan fingerprint density at radius 2 is 1.91 bits per heavy atom. The Kier molecular flexibility index (Phi) is 8.79. The van der Waals surface area contributed by atoms with Crippen molar-refractivity contribution in [3.05, 3.63) is 56.5 Å². The third kappa shape index (κ3) is 6.29. The summed E-state index contributed by atoms with van der Waals surface area (Å²) in [6, 6.07) is 12.6. The number of carbonyl (C=O) groups is 3. The van der Waals surface area contributed by atoms with Gasteiger partial charge in [0.05, 0.1) is 15.1 Å². The van der Waals surface area contributed by atoms with Crippen LogP contribution >= 0.6 is 34.4 Å². The average molecular weight is 580 g/mol. The second kappa shape index (κ2) is 11.6. The largest absolute Gasteiger partial charge is 0.490 e. The minimum absolute atomic E-state index is 0.152. The van der Waals surface area contributed by atoms with Crippen LogP contribution in [0.1, 0.15) is 32.8 Å². The van der Waals surface area contributed by atoms with Gasteiger partial charge < -0.3 is 14.8 Å². The van der Waals surface area contributed by atoms with E-state index < -0.39 is 0 Å². The van der Waals surface area contributed by atoms with E-state index in [4.69, 9.17) is 9.47 Å². The number of nitrogens with zero attached hydrogens (tertiary/aromatic N) is 1. The lowest BCUT2D eigenvalue weighted by molar-refractivity contribution is -0.124. The van der Waals surface area contributed by atoms with Crippen LogP contribution < -0.4 is 14.8 Å². The summed E-state index contributed by atoms with van der Waals surface area (Å²) in [5.41, 5.74) is 1.39. The Balaban J connectivity index is 1.78. The number of nitrogens with one attached hydrogen (secondary N) is 1. The summed E-state index contributed by atoms with van der Waals surface area (Å²) >= 11 is 3.04. The molecule has 9 heteroatoms. The van der Waals surface area contributed by atoms with Gasteiger partial charge in [-0.25, -0.2) is 0 Å². The van der Waals surface area contributed by atoms with Gasteiger partial charge >= 0.3 is 0 Å². The number of rotatable bonds is 9. The van der Waals surface area contributed by atoms with E-state index in [1.807, 2.05) is 45.0 Å². The summed E-state index contributed by atoms with van der Waals surface area (Å²) < 4.78 is 12.2. The quantitative estimate of drug-likeness (QED) is 0.310. The predicted octanol–water partition coefficient (Wildman–Crippen LogP) is 5.54. The van der Waals surface area contributed by atoms with Gasteiger partial charge in [0.25, 0.3) is 17.1 Å². The molecule has 1 saturated heterocycles. The third-order valence-electron chi connectivity index (χ3n) is 4.89. The van der Waals surface area contributed by atoms with Crippen molar-refractivity contribution >= 4 is 63.2 Å². The molecule has 0 radical (unpaired) electrons. The molecule has 2 aromatic carbocycles. The van der Waals surface area contributed by atoms with E-state index in [9.17, 15) is 14.4 Å². The number of imide groups is 1. The monoisotopic (exact) mass is 580 g/mol. The van der Waals surface area contributed by atoms with E-state index in [1.54, 1.807) is 24.3 Å². The third-order valence-corrected chi connectivity index (χ3v) is 6.57. The van der Waals surface area contributed by atoms with Crippen LogP contribution in [-0.4, -0.2) is 41.2 Å². The molecule has 2 aromatic rings. The van der Waals surface area contributed by atoms with Gasteiger partial charge in [-0.15, -0.1) is 0 Å². The van der Waals surface area contributed by atoms with Crippen molar-refractivity contribution in [3.8, 4) is 11.5 Å². The molecule has 0 saturated carbocycles. The number of hydrogen-bond acceptors (Lipinski definition) is 6. The van der Waals surface area contributed by atoms with Gasteiger partial charge in [0.15, 0.2) is 18.1 Å². The molecule has 0 aromatic heterocycles. The average Bonchev–Trinajstić information content (AvgIpc) is 3.06. The smallest absolute Gasteiger partial charge is 0.293 e. The minimum Gasteiger partial charge on any atom is -0.490 e. The van der Waals surface area contributed by atoms with Crippen molar-refractivity contribution in [2.24, 2.45) is 0 Å². The van der Waals surface area contributed by atoms with Gasteiger partial charge in [-0.1, -0.05) is 25.1 Å². The first-order valence-electron chi connectivity index (χ1n) is 10.5. The fourth-order valence-electron chi connectivity index (χ4n) is 3.12. The zero-order valence-corrected chi connectivity index (χ0v) is 21.6. The molecule has 174 valence electrons. The van der Waals surface area contributed by atoms with Crippen molar-refractivity contribution in [1.29, 1.82) is 0 Å². The van der Waals surface area contributed by atoms with Gasteiger partial charge in [-0.3, -0.25) is 19.3 Å². The van der Waals surface area contributed by atoms with Gasteiger partial charge in [0.1, 0.15) is 0 Å². The van der Waals surface area contributed by atoms with Gasteiger partial charge in [-0.2, -0.15) is 0 Å². The Morgan fingerprint density at radius 1 is 1.18 bits per heavy atom. The van der Waals surface area contributed by atoms with Gasteiger partial charge in [0, 0.05) is 11.7 Å². The molecule has 7 nitrogen and oxygen atoms in total. The van der Waals surface area contributed by atoms with Gasteiger partial charge in [-0.05, 0) is 90.5 Å². The normalized spacial score (nSPS) is 15.6. The summed E-state index contributed by atoms with van der Waals surface area (Å²) in [6.45, 7) is 5.86. The SMILES string of the molecule is CCOc1cc(/C=C2/SC(=O)N([C@@H](C)CC)C2=O)cc(I)c1OCC(=O)Nc1ccccc1. The molecule has 1 heterocycles. The topological polar surface area (TPSA) is 84.9 Å². The second-order valence-electron chi connectivity index (χ2n) is 7.27. The molecule has 1 aliphatic heterocycles. The maximum Gasteiger partial charge on any atom is 0.293 e. The molecular formula is C24H25IN2O5S. The zero-order chi connectivity index (χ0) is 24.0. The Hall–Kier alpha value is -2.53. The summed E-state index contributed by atoms with van der Waals surface area (Å²) in [5.74, 6) is 0.335. The predicted molar refractivity (Wildman–Crippen MR) is 138 cm³/mol. The van der Waals surface area contributed by atoms with Crippen molar-refractivity contribution in [2.45, 2.75) is 33.2 Å². The maximum atomic E-state index is 12.7. The van der Waals surface area contributed by atoms with E-state index in [1.165, 1.54) is 4.90 Å². The van der Waals surface area contributed by atoms with Crippen LogP contribution in [0.2, 0.25) is 0 Å². The zero-order valence-electron chi connectivity index (χ0n) is 18.6. The maximum absolute atomic E-state index is 12.7. The number of anilines is 1. The highest BCUT2D eigenvalue weighted by atomic mass is 127. The molecule has 1 aliphatic rings. The Morgan fingerprint density at radius 3 is 2.58 bits per heavy atom. The number of carbonyl (C=O) groups excluding carboxylic acids is 3. The molecule has 1 atom stereocenters. The summed E-state index contributed by atoms with van der Waals surface area (Å²) in [6.07, 6.45) is 2.38. The van der Waals surface area contributed by atoms with Crippen LogP contribution in [0.3, 0.4) is 0 Å². The molecular weight excluding hydrogens is 555 g/mol. The van der Waals surface area contributed by atoms with E-state index in [-0.39, 0.29) is 29.7 Å². The highest BCUT2D eigenvalue weighted by Crippen LogP contribution is 2.38. The van der Waals surface area contributed by atoms with Crippen LogP contribution in [-0.2, 0) is 9.59 Å². The first kappa shape index (κ1) is 25.1. The number of amides is 3. The molecule has 0 bridgehead atoms. The summed E-state index contributed by atoms with van der Waals surface area (Å²) in [4.78, 5) is 39.0. The number of hydrogen-bond donors (Lipinski definition) is 1. The van der Waals surface area contributed by atoms with Crippen LogP contribution in [0.4, 0.5) is 10.5 Å². The lowest BCUT2D eigenvalue weighted by Gasteiger charge is -2.19. The second-order valence-corrected chi connectivity index (χ2v) is 9.43. The fourth-order valence-corrected chi connectivity index (χ4v) is 4.84. The molecule has 0 aliphatic carbocycles. The molecule has 0 spiro atoms. The van der Waals surface area contributed by atoms with Crippen LogP contribution in [0.25, 0.3) is 6.08 Å². The first-order chi connectivity index (χ1) is 15.8. The first-order valence-corrected chi connectivity index (χ1v) is 12.4. The highest BCUT2D eigenvalue weighted by molar-refractivity contribution is 14.1. The number of benzene rings is 2. The van der Waals surface area contributed by atoms with Crippen molar-refractivity contribution in [3.63, 3.8) is 0 Å². The summed E-state index contributed by atoms with van der Waals surface area (Å²) in [5, 5.41) is 2.52. The molecule has 1 fully saturated rings. The van der Waals surface area contributed by atoms with Crippen LogP contribution in [0.5, 0.6) is 11.5 Å². The van der Waals surface area contributed by atoms with E-state index >= 15 is 0 Å². The van der Waals surface area contributed by atoms with E-state index in [2.05, 4.69) is 27.9 Å². The number of thioether (sulfide) groups is 1. The fraction of sp³-hybridized carbons (Fsp3) is 0.292. The highest BCUT2D eigenvalue weighted by Gasteiger charge is 2.37. The standard InChI is InChI=1S/C24H25IN2O5S/c1-4-15(3)27-23(29)20(33-24(27)30)13-16-11-18(25)22(19(12-16)31-5-2)32-14-21(28)26-17-9-7-6-8-10-17/h6-13,15H,4-5,14H2,1-3H3,(H,26,28)/b20-13+/t15-/m0/s1. The Bertz CT molecular complexity index is 1070. The van der Waals surface area contributed by atoms with Crippen LogP contribution in [0, 0.1) is 3.57 Å². The van der Waals surface area contributed by atoms with E-state index in [0.717, 1.165) is 15.3 Å². The van der Waals surface area contributed by atoms with E-state index in [0.29, 0.717) is 40.7 Å². The molecule has 33 heavy (non-hydrogen) atoms. The van der Waals surface area contributed by atoms with Crippen molar-refractivity contribution in [2.75, 3.05) is 18.5 Å². The lowest BCUT2D eigenvalue weighted by Crippen LogP contribution is -2.36.